The zero-order chi connectivity index (χ0) is 19.1. The van der Waals surface area contributed by atoms with Crippen LogP contribution in [0.3, 0.4) is 0 Å². The van der Waals surface area contributed by atoms with Gasteiger partial charge in [0.25, 0.3) is 11.5 Å². The fraction of sp³-hybridized carbons (Fsp3) is 0.200. The number of para-hydroxylation sites is 1. The zero-order valence-electron chi connectivity index (χ0n) is 14.6. The van der Waals surface area contributed by atoms with Crippen LogP contribution in [0.1, 0.15) is 5.56 Å². The van der Waals surface area contributed by atoms with Crippen LogP contribution in [0.25, 0.3) is 10.9 Å². The lowest BCUT2D eigenvalue weighted by Crippen LogP contribution is -2.32. The Morgan fingerprint density at radius 1 is 1.04 bits per heavy atom. The predicted molar refractivity (Wildman–Crippen MR) is 100 cm³/mol. The molecule has 0 saturated carbocycles. The molecule has 0 unspecified atom stereocenters. The first-order valence-corrected chi connectivity index (χ1v) is 8.54. The van der Waals surface area contributed by atoms with Gasteiger partial charge < -0.3 is 10.1 Å². The van der Waals surface area contributed by atoms with Crippen molar-refractivity contribution < 1.29 is 14.3 Å². The van der Waals surface area contributed by atoms with Crippen LogP contribution in [0.15, 0.2) is 65.7 Å². The molecule has 0 bridgehead atoms. The molecule has 0 fully saturated rings. The van der Waals surface area contributed by atoms with Gasteiger partial charge in [0.2, 0.25) is 0 Å². The summed E-state index contributed by atoms with van der Waals surface area (Å²) in [4.78, 5) is 40.1. The number of carbonyl (C=O) groups excluding carboxylic acids is 2. The average Bonchev–Trinajstić information content (AvgIpc) is 2.69. The molecule has 7 nitrogen and oxygen atoms in total. The molecule has 7 heteroatoms. The van der Waals surface area contributed by atoms with Crippen LogP contribution in [0, 0.1) is 0 Å². The molecule has 0 radical (unpaired) electrons. The normalized spacial score (nSPS) is 10.5. The maximum absolute atomic E-state index is 12.3. The summed E-state index contributed by atoms with van der Waals surface area (Å²) in [5.41, 5.74) is 1.34. The first-order valence-electron chi connectivity index (χ1n) is 8.54. The van der Waals surface area contributed by atoms with E-state index in [1.54, 1.807) is 24.3 Å². The second kappa shape index (κ2) is 8.75. The molecule has 0 spiro atoms. The van der Waals surface area contributed by atoms with Crippen LogP contribution < -0.4 is 10.9 Å². The largest absolute Gasteiger partial charge is 0.454 e. The summed E-state index contributed by atoms with van der Waals surface area (Å²) in [6.07, 6.45) is 1.99. The van der Waals surface area contributed by atoms with E-state index < -0.39 is 5.97 Å². The number of nitrogens with zero attached hydrogens (tertiary/aromatic N) is 2. The minimum Gasteiger partial charge on any atom is -0.454 e. The number of amides is 1. The lowest BCUT2D eigenvalue weighted by Gasteiger charge is -2.08. The second-order valence-corrected chi connectivity index (χ2v) is 5.94. The SMILES string of the molecule is O=C(COC(=O)Cn1cnc2ccccc2c1=O)NCCc1ccccc1. The summed E-state index contributed by atoms with van der Waals surface area (Å²) in [6, 6.07) is 16.6. The number of benzene rings is 2. The molecular formula is C20H19N3O4. The van der Waals surface area contributed by atoms with Crippen molar-refractivity contribution in [3.05, 3.63) is 76.8 Å². The Bertz CT molecular complexity index is 999. The number of esters is 1. The Morgan fingerprint density at radius 2 is 1.78 bits per heavy atom. The number of carbonyl (C=O) groups is 2. The fourth-order valence-electron chi connectivity index (χ4n) is 2.59. The number of nitrogens with one attached hydrogen (secondary N) is 1. The average molecular weight is 365 g/mol. The van der Waals surface area contributed by atoms with E-state index in [4.69, 9.17) is 4.74 Å². The van der Waals surface area contributed by atoms with Crippen molar-refractivity contribution in [1.82, 2.24) is 14.9 Å². The summed E-state index contributed by atoms with van der Waals surface area (Å²) < 4.78 is 6.10. The number of rotatable bonds is 7. The number of fused-ring (bicyclic) bond motifs is 1. The van der Waals surface area contributed by atoms with Crippen LogP contribution >= 0.6 is 0 Å². The van der Waals surface area contributed by atoms with Crippen LogP contribution in [-0.4, -0.2) is 34.6 Å². The molecule has 1 amide bonds. The summed E-state index contributed by atoms with van der Waals surface area (Å²) in [7, 11) is 0. The van der Waals surface area contributed by atoms with Gasteiger partial charge in [-0.25, -0.2) is 4.98 Å². The molecular weight excluding hydrogens is 346 g/mol. The molecule has 1 N–H and O–H groups in total. The topological polar surface area (TPSA) is 90.3 Å². The molecule has 0 aliphatic heterocycles. The Labute approximate surface area is 155 Å². The first kappa shape index (κ1) is 18.3. The molecule has 2 aromatic carbocycles. The van der Waals surface area contributed by atoms with Gasteiger partial charge >= 0.3 is 5.97 Å². The monoisotopic (exact) mass is 365 g/mol. The van der Waals surface area contributed by atoms with Crippen molar-refractivity contribution in [2.24, 2.45) is 0 Å². The van der Waals surface area contributed by atoms with E-state index in [9.17, 15) is 14.4 Å². The van der Waals surface area contributed by atoms with Crippen LogP contribution in [0.4, 0.5) is 0 Å². The Kier molecular flexibility index (Phi) is 5.94. The molecule has 0 atom stereocenters. The van der Waals surface area contributed by atoms with Crippen molar-refractivity contribution in [1.29, 1.82) is 0 Å². The number of hydrogen-bond donors (Lipinski definition) is 1. The third-order valence-corrected chi connectivity index (χ3v) is 3.97. The van der Waals surface area contributed by atoms with E-state index in [1.165, 1.54) is 6.33 Å². The van der Waals surface area contributed by atoms with Gasteiger partial charge in [0.1, 0.15) is 6.54 Å². The van der Waals surface area contributed by atoms with Crippen molar-refractivity contribution in [3.63, 3.8) is 0 Å². The van der Waals surface area contributed by atoms with Gasteiger partial charge in [0.15, 0.2) is 6.61 Å². The molecule has 0 saturated heterocycles. The molecule has 27 heavy (non-hydrogen) atoms. The first-order chi connectivity index (χ1) is 13.1. The quantitative estimate of drug-likeness (QED) is 0.638. The number of aromatic nitrogens is 2. The smallest absolute Gasteiger partial charge is 0.326 e. The van der Waals surface area contributed by atoms with Crippen LogP contribution in [-0.2, 0) is 27.3 Å². The summed E-state index contributed by atoms with van der Waals surface area (Å²) in [5.74, 6) is -1.06. The molecule has 1 heterocycles. The maximum Gasteiger partial charge on any atom is 0.326 e. The lowest BCUT2D eigenvalue weighted by molar-refractivity contribution is -0.149. The van der Waals surface area contributed by atoms with Crippen molar-refractivity contribution in [3.8, 4) is 0 Å². The van der Waals surface area contributed by atoms with E-state index in [0.717, 1.165) is 10.1 Å². The highest BCUT2D eigenvalue weighted by Crippen LogP contribution is 2.04. The van der Waals surface area contributed by atoms with Gasteiger partial charge in [-0.2, -0.15) is 0 Å². The minimum atomic E-state index is -0.674. The number of hydrogen-bond acceptors (Lipinski definition) is 5. The standard InChI is InChI=1S/C20H19N3O4/c24-18(21-11-10-15-6-2-1-3-7-15)13-27-19(25)12-23-14-22-17-9-5-4-8-16(17)20(23)26/h1-9,14H,10-13H2,(H,21,24). The molecule has 0 aliphatic rings. The summed E-state index contributed by atoms with van der Waals surface area (Å²) in [6.45, 7) is -0.230. The lowest BCUT2D eigenvalue weighted by atomic mass is 10.1. The van der Waals surface area contributed by atoms with Crippen molar-refractivity contribution in [2.45, 2.75) is 13.0 Å². The molecule has 1 aromatic heterocycles. The molecule has 3 rings (SSSR count). The predicted octanol–water partition coefficient (Wildman–Crippen LogP) is 1.30. The molecule has 138 valence electrons. The molecule has 3 aromatic rings. The van der Waals surface area contributed by atoms with E-state index >= 15 is 0 Å². The minimum absolute atomic E-state index is 0.298. The van der Waals surface area contributed by atoms with Gasteiger partial charge in [-0.15, -0.1) is 0 Å². The van der Waals surface area contributed by atoms with Crippen molar-refractivity contribution in [2.75, 3.05) is 13.2 Å². The van der Waals surface area contributed by atoms with Gasteiger partial charge in [-0.1, -0.05) is 42.5 Å². The van der Waals surface area contributed by atoms with E-state index in [-0.39, 0.29) is 24.6 Å². The Balaban J connectivity index is 1.46. The van der Waals surface area contributed by atoms with E-state index in [2.05, 4.69) is 10.3 Å². The van der Waals surface area contributed by atoms with Gasteiger partial charge in [-0.05, 0) is 24.1 Å². The Hall–Kier alpha value is -3.48. The maximum atomic E-state index is 12.3. The van der Waals surface area contributed by atoms with Gasteiger partial charge in [-0.3, -0.25) is 19.0 Å². The summed E-state index contributed by atoms with van der Waals surface area (Å²) >= 11 is 0. The van der Waals surface area contributed by atoms with Gasteiger partial charge in [0, 0.05) is 6.54 Å². The second-order valence-electron chi connectivity index (χ2n) is 5.94. The third-order valence-electron chi connectivity index (χ3n) is 3.97. The van der Waals surface area contributed by atoms with Crippen LogP contribution in [0.2, 0.25) is 0 Å². The highest BCUT2D eigenvalue weighted by Gasteiger charge is 2.11. The van der Waals surface area contributed by atoms with Crippen LogP contribution in [0.5, 0.6) is 0 Å². The van der Waals surface area contributed by atoms with Crippen molar-refractivity contribution >= 4 is 22.8 Å². The third kappa shape index (κ3) is 5.01. The summed E-state index contributed by atoms with van der Waals surface area (Å²) in [5, 5.41) is 3.11. The fourth-order valence-corrected chi connectivity index (χ4v) is 2.59. The molecule has 0 aliphatic carbocycles. The number of ether oxygens (including phenoxy) is 1. The Morgan fingerprint density at radius 3 is 2.59 bits per heavy atom. The highest BCUT2D eigenvalue weighted by molar-refractivity contribution is 5.81. The highest BCUT2D eigenvalue weighted by atomic mass is 16.5. The van der Waals surface area contributed by atoms with E-state index in [0.29, 0.717) is 23.9 Å². The van der Waals surface area contributed by atoms with E-state index in [1.807, 2.05) is 30.3 Å². The zero-order valence-corrected chi connectivity index (χ0v) is 14.6. The van der Waals surface area contributed by atoms with Gasteiger partial charge in [0.05, 0.1) is 17.2 Å².